The predicted molar refractivity (Wildman–Crippen MR) is 105 cm³/mol. The zero-order valence-electron chi connectivity index (χ0n) is 16.8. The van der Waals surface area contributed by atoms with Crippen LogP contribution in [0.1, 0.15) is 58.4 Å². The Bertz CT molecular complexity index is 707. The number of carbonyl (C=O) groups excluding carboxylic acids is 2. The summed E-state index contributed by atoms with van der Waals surface area (Å²) in [6.45, 7) is 6.07. The monoisotopic (exact) mass is 373 g/mol. The fourth-order valence-corrected chi connectivity index (χ4v) is 4.50. The number of anilines is 1. The van der Waals surface area contributed by atoms with Crippen molar-refractivity contribution < 1.29 is 19.1 Å². The van der Waals surface area contributed by atoms with Crippen molar-refractivity contribution in [3.63, 3.8) is 0 Å². The van der Waals surface area contributed by atoms with E-state index in [2.05, 4.69) is 26.1 Å². The van der Waals surface area contributed by atoms with Crippen molar-refractivity contribution in [3.8, 4) is 5.75 Å². The average Bonchev–Trinajstić information content (AvgIpc) is 3.22. The molecule has 2 bridgehead atoms. The number of fused-ring (bicyclic) bond motifs is 2. The topological polar surface area (TPSA) is 64.6 Å². The molecule has 2 saturated carbocycles. The van der Waals surface area contributed by atoms with Gasteiger partial charge in [-0.2, -0.15) is 0 Å². The molecule has 0 spiro atoms. The van der Waals surface area contributed by atoms with E-state index in [9.17, 15) is 9.59 Å². The summed E-state index contributed by atoms with van der Waals surface area (Å²) in [5.41, 5.74) is 1.64. The van der Waals surface area contributed by atoms with E-state index < -0.39 is 0 Å². The first-order valence-corrected chi connectivity index (χ1v) is 9.90. The Morgan fingerprint density at radius 2 is 1.96 bits per heavy atom. The van der Waals surface area contributed by atoms with Crippen molar-refractivity contribution >= 4 is 17.6 Å². The predicted octanol–water partition coefficient (Wildman–Crippen LogP) is 4.30. The Hall–Kier alpha value is -2.04. The number of benzene rings is 1. The van der Waals surface area contributed by atoms with Crippen LogP contribution in [0.5, 0.6) is 5.75 Å². The summed E-state index contributed by atoms with van der Waals surface area (Å²) in [6, 6.07) is 5.75. The van der Waals surface area contributed by atoms with Crippen LogP contribution in [0.3, 0.4) is 0 Å². The van der Waals surface area contributed by atoms with Crippen LogP contribution in [-0.2, 0) is 19.7 Å². The highest BCUT2D eigenvalue weighted by atomic mass is 16.5. The maximum Gasteiger partial charge on any atom is 0.306 e. The van der Waals surface area contributed by atoms with E-state index in [-0.39, 0.29) is 23.9 Å². The van der Waals surface area contributed by atoms with E-state index in [4.69, 9.17) is 9.47 Å². The van der Waals surface area contributed by atoms with E-state index in [1.54, 1.807) is 7.11 Å². The number of ether oxygens (including phenoxy) is 2. The van der Waals surface area contributed by atoms with Crippen LogP contribution < -0.4 is 10.1 Å². The minimum Gasteiger partial charge on any atom is -0.495 e. The third-order valence-electron chi connectivity index (χ3n) is 6.02. The number of nitrogens with one attached hydrogen (secondary N) is 1. The van der Waals surface area contributed by atoms with Crippen molar-refractivity contribution in [1.29, 1.82) is 0 Å². The molecule has 148 valence electrons. The normalized spacial score (nSPS) is 23.9. The maximum absolute atomic E-state index is 12.3. The number of amides is 1. The Morgan fingerprint density at radius 3 is 2.56 bits per heavy atom. The van der Waals surface area contributed by atoms with E-state index in [1.165, 1.54) is 19.3 Å². The zero-order valence-corrected chi connectivity index (χ0v) is 16.8. The van der Waals surface area contributed by atoms with E-state index >= 15 is 0 Å². The molecular weight excluding hydrogens is 342 g/mol. The second-order valence-corrected chi connectivity index (χ2v) is 9.01. The summed E-state index contributed by atoms with van der Waals surface area (Å²) in [5, 5.41) is 2.81. The number of rotatable bonds is 6. The van der Waals surface area contributed by atoms with Crippen LogP contribution in [0.25, 0.3) is 0 Å². The van der Waals surface area contributed by atoms with E-state index in [0.717, 1.165) is 17.9 Å². The molecule has 0 heterocycles. The molecule has 1 amide bonds. The molecule has 3 atom stereocenters. The number of hydrogen-bond acceptors (Lipinski definition) is 4. The molecule has 2 aliphatic rings. The van der Waals surface area contributed by atoms with Gasteiger partial charge in [0.25, 0.3) is 5.91 Å². The molecule has 0 radical (unpaired) electrons. The van der Waals surface area contributed by atoms with Crippen molar-refractivity contribution in [1.82, 2.24) is 0 Å². The molecule has 5 nitrogen and oxygen atoms in total. The lowest BCUT2D eigenvalue weighted by Gasteiger charge is -2.21. The highest BCUT2D eigenvalue weighted by Gasteiger charge is 2.40. The standard InChI is InChI=1S/C22H31NO4/c1-22(2,3)17-7-8-19(26-4)18(12-17)23-20(24)13-27-21(25)11-16-10-14-5-6-15(16)9-14/h7-8,12,14-16H,5-6,9-11,13H2,1-4H3,(H,23,24)/t14-,15+,16-/m1/s1. The summed E-state index contributed by atoms with van der Waals surface area (Å²) in [7, 11) is 1.57. The third kappa shape index (κ3) is 4.82. The minimum absolute atomic E-state index is 0.0428. The van der Waals surface area contributed by atoms with Gasteiger partial charge in [0.15, 0.2) is 6.61 Å². The quantitative estimate of drug-likeness (QED) is 0.755. The molecule has 2 fully saturated rings. The van der Waals surface area contributed by atoms with Crippen molar-refractivity contribution in [2.45, 2.75) is 58.3 Å². The number of methoxy groups -OCH3 is 1. The van der Waals surface area contributed by atoms with Crippen LogP contribution in [0, 0.1) is 17.8 Å². The van der Waals surface area contributed by atoms with Gasteiger partial charge in [-0.05, 0) is 60.1 Å². The van der Waals surface area contributed by atoms with Gasteiger partial charge in [-0.3, -0.25) is 9.59 Å². The lowest BCUT2D eigenvalue weighted by atomic mass is 9.86. The second kappa shape index (κ2) is 7.91. The van der Waals surface area contributed by atoms with Crippen LogP contribution in [0.2, 0.25) is 0 Å². The van der Waals surface area contributed by atoms with Gasteiger partial charge >= 0.3 is 5.97 Å². The van der Waals surface area contributed by atoms with Gasteiger partial charge < -0.3 is 14.8 Å². The van der Waals surface area contributed by atoms with Crippen LogP contribution in [0.4, 0.5) is 5.69 Å². The Labute approximate surface area is 161 Å². The molecule has 0 aromatic heterocycles. The zero-order chi connectivity index (χ0) is 19.6. The SMILES string of the molecule is COc1ccc(C(C)(C)C)cc1NC(=O)COC(=O)C[C@H]1C[C@@H]2CC[C@H]1C2. The summed E-state index contributed by atoms with van der Waals surface area (Å²) in [5.74, 6) is 1.91. The molecule has 1 aromatic carbocycles. The summed E-state index contributed by atoms with van der Waals surface area (Å²) in [6.07, 6.45) is 5.41. The lowest BCUT2D eigenvalue weighted by Crippen LogP contribution is -2.23. The van der Waals surface area contributed by atoms with Crippen molar-refractivity contribution in [2.75, 3.05) is 19.0 Å². The fourth-order valence-electron chi connectivity index (χ4n) is 4.50. The fraction of sp³-hybridized carbons (Fsp3) is 0.636. The van der Waals surface area contributed by atoms with Crippen molar-refractivity contribution in [3.05, 3.63) is 23.8 Å². The molecular formula is C22H31NO4. The van der Waals surface area contributed by atoms with Crippen LogP contribution in [-0.4, -0.2) is 25.6 Å². The molecule has 2 aliphatic carbocycles. The molecule has 1 aromatic rings. The molecule has 1 N–H and O–H groups in total. The van der Waals surface area contributed by atoms with E-state index in [0.29, 0.717) is 29.7 Å². The summed E-state index contributed by atoms with van der Waals surface area (Å²) in [4.78, 5) is 24.4. The largest absolute Gasteiger partial charge is 0.495 e. The number of hydrogen-bond donors (Lipinski definition) is 1. The van der Waals surface area contributed by atoms with Gasteiger partial charge in [-0.25, -0.2) is 0 Å². The van der Waals surface area contributed by atoms with E-state index in [1.807, 2.05) is 18.2 Å². The molecule has 0 aliphatic heterocycles. The average molecular weight is 373 g/mol. The van der Waals surface area contributed by atoms with Crippen molar-refractivity contribution in [2.24, 2.45) is 17.8 Å². The highest BCUT2D eigenvalue weighted by Crippen LogP contribution is 2.49. The first-order valence-electron chi connectivity index (χ1n) is 9.90. The summed E-state index contributed by atoms with van der Waals surface area (Å²) < 4.78 is 10.6. The molecule has 27 heavy (non-hydrogen) atoms. The van der Waals surface area contributed by atoms with Gasteiger partial charge in [0.05, 0.1) is 12.8 Å². The van der Waals surface area contributed by atoms with Gasteiger partial charge in [0, 0.05) is 6.42 Å². The Morgan fingerprint density at radius 1 is 1.19 bits per heavy atom. The highest BCUT2D eigenvalue weighted by molar-refractivity contribution is 5.94. The molecule has 0 unspecified atom stereocenters. The van der Waals surface area contributed by atoms with Crippen LogP contribution >= 0.6 is 0 Å². The summed E-state index contributed by atoms with van der Waals surface area (Å²) >= 11 is 0. The maximum atomic E-state index is 12.3. The first kappa shape index (κ1) is 19.7. The molecule has 3 rings (SSSR count). The van der Waals surface area contributed by atoms with Gasteiger partial charge in [-0.1, -0.05) is 33.3 Å². The molecule has 0 saturated heterocycles. The Kier molecular flexibility index (Phi) is 5.78. The first-order chi connectivity index (χ1) is 12.8. The number of carbonyl (C=O) groups is 2. The third-order valence-corrected chi connectivity index (χ3v) is 6.02. The smallest absolute Gasteiger partial charge is 0.306 e. The van der Waals surface area contributed by atoms with Crippen LogP contribution in [0.15, 0.2) is 18.2 Å². The minimum atomic E-state index is -0.347. The second-order valence-electron chi connectivity index (χ2n) is 9.01. The van der Waals surface area contributed by atoms with Gasteiger partial charge in [-0.15, -0.1) is 0 Å². The van der Waals surface area contributed by atoms with Gasteiger partial charge in [0.2, 0.25) is 0 Å². The molecule has 5 heteroatoms. The van der Waals surface area contributed by atoms with Gasteiger partial charge in [0.1, 0.15) is 5.75 Å². The Balaban J connectivity index is 1.52. The lowest BCUT2D eigenvalue weighted by molar-refractivity contribution is -0.148. The number of esters is 1.